The molecular formula is C16H9F5N2O2S. The Bertz CT molecular complexity index is 1030. The van der Waals surface area contributed by atoms with Gasteiger partial charge in [0, 0.05) is 17.1 Å². The Morgan fingerprint density at radius 3 is 2.54 bits per heavy atom. The van der Waals surface area contributed by atoms with E-state index in [1.807, 2.05) is 0 Å². The molecule has 0 saturated carbocycles. The Labute approximate surface area is 147 Å². The van der Waals surface area contributed by atoms with Crippen LogP contribution in [-0.2, 0) is 6.18 Å². The Morgan fingerprint density at radius 1 is 1.23 bits per heavy atom. The molecule has 1 aromatic carbocycles. The van der Waals surface area contributed by atoms with Gasteiger partial charge in [0.15, 0.2) is 11.6 Å². The minimum Gasteiger partial charge on any atom is -0.419 e. The Kier molecular flexibility index (Phi) is 4.31. The number of hydrogen-bond donors (Lipinski definition) is 1. The summed E-state index contributed by atoms with van der Waals surface area (Å²) in [5, 5.41) is -0.417. The monoisotopic (exact) mass is 388 g/mol. The van der Waals surface area contributed by atoms with Crippen LogP contribution in [0.15, 0.2) is 24.3 Å². The second-order valence-corrected chi connectivity index (χ2v) is 6.30. The lowest BCUT2D eigenvalue weighted by atomic mass is 10.1. The first-order valence-electron chi connectivity index (χ1n) is 7.02. The molecule has 2 aromatic heterocycles. The third-order valence-corrected chi connectivity index (χ3v) is 4.49. The number of benzene rings is 1. The van der Waals surface area contributed by atoms with E-state index < -0.39 is 46.2 Å². The van der Waals surface area contributed by atoms with Crippen LogP contribution in [0.25, 0.3) is 10.2 Å². The number of pyridine rings is 1. The first-order chi connectivity index (χ1) is 12.1. The molecule has 3 rings (SSSR count). The molecule has 2 heterocycles. The van der Waals surface area contributed by atoms with E-state index in [0.717, 1.165) is 18.2 Å². The van der Waals surface area contributed by atoms with Crippen LogP contribution in [0.3, 0.4) is 0 Å². The van der Waals surface area contributed by atoms with E-state index in [-0.39, 0.29) is 15.4 Å². The molecule has 0 aliphatic carbocycles. The maximum atomic E-state index is 13.6. The molecule has 2 N–H and O–H groups in total. The van der Waals surface area contributed by atoms with Crippen molar-refractivity contribution in [2.75, 3.05) is 5.73 Å². The van der Waals surface area contributed by atoms with E-state index in [0.29, 0.717) is 17.4 Å². The molecule has 0 amide bonds. The smallest absolute Gasteiger partial charge is 0.417 e. The topological polar surface area (TPSA) is 65.2 Å². The molecule has 0 radical (unpaired) electrons. The number of aromatic nitrogens is 1. The van der Waals surface area contributed by atoms with Gasteiger partial charge < -0.3 is 10.5 Å². The van der Waals surface area contributed by atoms with Crippen molar-refractivity contribution in [1.29, 1.82) is 0 Å². The van der Waals surface area contributed by atoms with Gasteiger partial charge in [-0.15, -0.1) is 11.3 Å². The summed E-state index contributed by atoms with van der Waals surface area (Å²) >= 11 is 0.598. The number of nitrogen functional groups attached to an aromatic ring is 1. The number of rotatable bonds is 2. The molecule has 0 unspecified atom stereocenters. The zero-order valence-corrected chi connectivity index (χ0v) is 13.8. The maximum Gasteiger partial charge on any atom is 0.417 e. The SMILES string of the molecule is Cc1cc(C(F)(F)F)c2c(N)c(C(=O)Oc3ccc(F)cc3F)sc2n1. The summed E-state index contributed by atoms with van der Waals surface area (Å²) in [6.07, 6.45) is -4.70. The van der Waals surface area contributed by atoms with Crippen LogP contribution in [0.4, 0.5) is 27.6 Å². The number of aryl methyl sites for hydroxylation is 1. The van der Waals surface area contributed by atoms with Crippen molar-refractivity contribution in [2.45, 2.75) is 13.1 Å². The number of carbonyl (C=O) groups is 1. The number of nitrogens with zero attached hydrogens (tertiary/aromatic N) is 1. The van der Waals surface area contributed by atoms with Gasteiger partial charge in [-0.1, -0.05) is 0 Å². The Hall–Kier alpha value is -2.75. The number of carbonyl (C=O) groups excluding carboxylic acids is 1. The molecule has 10 heteroatoms. The highest BCUT2D eigenvalue weighted by molar-refractivity contribution is 7.21. The molecule has 0 bridgehead atoms. The normalized spacial score (nSPS) is 11.8. The Balaban J connectivity index is 2.08. The number of ether oxygens (including phenoxy) is 1. The minimum absolute atomic E-state index is 0.0931. The van der Waals surface area contributed by atoms with E-state index in [1.165, 1.54) is 6.92 Å². The van der Waals surface area contributed by atoms with Crippen molar-refractivity contribution >= 4 is 33.2 Å². The number of alkyl halides is 3. The highest BCUT2D eigenvalue weighted by atomic mass is 32.1. The zero-order chi connectivity index (χ0) is 19.2. The standard InChI is InChI=1S/C16H9F5N2O2S/c1-6-4-8(16(19,20)21)11-12(22)13(26-14(11)23-6)15(24)25-10-3-2-7(17)5-9(10)18/h2-5H,22H2,1H3. The predicted octanol–water partition coefficient (Wildman–Crippen LogP) is 4.70. The van der Waals surface area contributed by atoms with E-state index in [9.17, 15) is 26.7 Å². The van der Waals surface area contributed by atoms with Crippen molar-refractivity contribution in [1.82, 2.24) is 4.98 Å². The van der Waals surface area contributed by atoms with Crippen LogP contribution in [0.1, 0.15) is 20.9 Å². The molecular weight excluding hydrogens is 379 g/mol. The van der Waals surface area contributed by atoms with Gasteiger partial charge in [-0.05, 0) is 25.1 Å². The number of thiophene rings is 1. The fraction of sp³-hybridized carbons (Fsp3) is 0.125. The average Bonchev–Trinajstić information content (AvgIpc) is 2.85. The van der Waals surface area contributed by atoms with E-state index in [4.69, 9.17) is 10.5 Å². The average molecular weight is 388 g/mol. The van der Waals surface area contributed by atoms with Gasteiger partial charge in [-0.25, -0.2) is 18.6 Å². The molecule has 136 valence electrons. The lowest BCUT2D eigenvalue weighted by Gasteiger charge is -2.09. The molecule has 0 fully saturated rings. The summed E-state index contributed by atoms with van der Waals surface area (Å²) in [7, 11) is 0. The number of esters is 1. The third kappa shape index (κ3) is 3.19. The fourth-order valence-electron chi connectivity index (χ4n) is 2.32. The summed E-state index contributed by atoms with van der Waals surface area (Å²) in [5.41, 5.74) is 4.32. The van der Waals surface area contributed by atoms with Gasteiger partial charge in [0.2, 0.25) is 0 Å². The van der Waals surface area contributed by atoms with Gasteiger partial charge in [0.25, 0.3) is 0 Å². The van der Waals surface area contributed by atoms with Crippen LogP contribution in [0.5, 0.6) is 5.75 Å². The molecule has 0 saturated heterocycles. The number of halogens is 5. The first kappa shape index (κ1) is 18.1. The molecule has 0 aliphatic heterocycles. The number of fused-ring (bicyclic) bond motifs is 1. The zero-order valence-electron chi connectivity index (χ0n) is 12.9. The van der Waals surface area contributed by atoms with Crippen LogP contribution in [-0.4, -0.2) is 11.0 Å². The molecule has 0 atom stereocenters. The van der Waals surface area contributed by atoms with E-state index in [2.05, 4.69) is 4.98 Å². The highest BCUT2D eigenvalue weighted by Gasteiger charge is 2.36. The summed E-state index contributed by atoms with van der Waals surface area (Å²) < 4.78 is 71.0. The van der Waals surface area contributed by atoms with Gasteiger partial charge >= 0.3 is 12.1 Å². The molecule has 4 nitrogen and oxygen atoms in total. The first-order valence-corrected chi connectivity index (χ1v) is 7.83. The lowest BCUT2D eigenvalue weighted by molar-refractivity contribution is -0.136. The maximum absolute atomic E-state index is 13.6. The number of hydrogen-bond acceptors (Lipinski definition) is 5. The summed E-state index contributed by atoms with van der Waals surface area (Å²) in [4.78, 5) is 15.7. The van der Waals surface area contributed by atoms with Gasteiger partial charge in [0.05, 0.1) is 11.3 Å². The van der Waals surface area contributed by atoms with Gasteiger partial charge in [-0.2, -0.15) is 13.2 Å². The quantitative estimate of drug-likeness (QED) is 0.393. The van der Waals surface area contributed by atoms with Crippen LogP contribution >= 0.6 is 11.3 Å². The summed E-state index contributed by atoms with van der Waals surface area (Å²) in [5.74, 6) is -3.75. The van der Waals surface area contributed by atoms with Crippen molar-refractivity contribution in [3.63, 3.8) is 0 Å². The van der Waals surface area contributed by atoms with Crippen LogP contribution in [0, 0.1) is 18.6 Å². The van der Waals surface area contributed by atoms with Gasteiger partial charge in [-0.3, -0.25) is 0 Å². The van der Waals surface area contributed by atoms with Crippen molar-refractivity contribution in [3.05, 3.63) is 52.0 Å². The van der Waals surface area contributed by atoms with Crippen molar-refractivity contribution in [2.24, 2.45) is 0 Å². The number of nitrogens with two attached hydrogens (primary N) is 1. The molecule has 0 aliphatic rings. The summed E-state index contributed by atoms with van der Waals surface area (Å²) in [6, 6.07) is 3.08. The Morgan fingerprint density at radius 2 is 1.92 bits per heavy atom. The lowest BCUT2D eigenvalue weighted by Crippen LogP contribution is -2.11. The second-order valence-electron chi connectivity index (χ2n) is 5.30. The minimum atomic E-state index is -4.70. The van der Waals surface area contributed by atoms with Crippen LogP contribution < -0.4 is 10.5 Å². The van der Waals surface area contributed by atoms with Crippen molar-refractivity contribution < 1.29 is 31.5 Å². The van der Waals surface area contributed by atoms with E-state index >= 15 is 0 Å². The fourth-order valence-corrected chi connectivity index (χ4v) is 3.37. The largest absolute Gasteiger partial charge is 0.419 e. The highest BCUT2D eigenvalue weighted by Crippen LogP contribution is 2.42. The van der Waals surface area contributed by atoms with Crippen LogP contribution in [0.2, 0.25) is 0 Å². The number of anilines is 1. The van der Waals surface area contributed by atoms with Crippen molar-refractivity contribution in [3.8, 4) is 5.75 Å². The summed E-state index contributed by atoms with van der Waals surface area (Å²) in [6.45, 7) is 1.37. The van der Waals surface area contributed by atoms with Gasteiger partial charge in [0.1, 0.15) is 15.5 Å². The molecule has 3 aromatic rings. The molecule has 0 spiro atoms. The third-order valence-electron chi connectivity index (χ3n) is 3.41. The predicted molar refractivity (Wildman–Crippen MR) is 85.1 cm³/mol. The second kappa shape index (κ2) is 6.20. The molecule has 26 heavy (non-hydrogen) atoms. The van der Waals surface area contributed by atoms with E-state index in [1.54, 1.807) is 0 Å².